The van der Waals surface area contributed by atoms with Gasteiger partial charge < -0.3 is 30.6 Å². The lowest BCUT2D eigenvalue weighted by Crippen LogP contribution is -2.39. The molecule has 2 amide bonds. The van der Waals surface area contributed by atoms with Gasteiger partial charge in [0, 0.05) is 37.5 Å². The molecule has 3 rings (SSSR count). The van der Waals surface area contributed by atoms with Crippen molar-refractivity contribution in [3.63, 3.8) is 0 Å². The smallest absolute Gasteiger partial charge is 0.458 e. The number of alkyl halides is 6. The van der Waals surface area contributed by atoms with Gasteiger partial charge in [-0.2, -0.15) is 26.3 Å². The third-order valence-corrected chi connectivity index (χ3v) is 6.11. The average molecular weight is 722 g/mol. The van der Waals surface area contributed by atoms with Crippen molar-refractivity contribution in [3.8, 4) is 11.5 Å². The van der Waals surface area contributed by atoms with Crippen LogP contribution in [0.15, 0.2) is 54.9 Å². The molecule has 1 aromatic carbocycles. The highest BCUT2D eigenvalue weighted by Crippen LogP contribution is 2.29. The summed E-state index contributed by atoms with van der Waals surface area (Å²) in [6.45, 7) is 5.35. The molecule has 0 saturated heterocycles. The van der Waals surface area contributed by atoms with Crippen molar-refractivity contribution in [2.75, 3.05) is 44.1 Å². The molecule has 0 aliphatic heterocycles. The number of pyridine rings is 2. The van der Waals surface area contributed by atoms with Gasteiger partial charge in [-0.3, -0.25) is 19.2 Å². The van der Waals surface area contributed by atoms with Gasteiger partial charge in [0.15, 0.2) is 5.69 Å². The van der Waals surface area contributed by atoms with Crippen LogP contribution in [0.1, 0.15) is 34.7 Å². The van der Waals surface area contributed by atoms with Gasteiger partial charge in [-0.15, -0.1) is 0 Å². The summed E-state index contributed by atoms with van der Waals surface area (Å²) in [5.74, 6) is -6.73. The predicted molar refractivity (Wildman–Crippen MR) is 164 cm³/mol. The van der Waals surface area contributed by atoms with Crippen molar-refractivity contribution in [1.29, 1.82) is 0 Å². The number of carbonyl (C=O) groups excluding carboxylic acids is 4. The zero-order valence-corrected chi connectivity index (χ0v) is 26.8. The maximum Gasteiger partial charge on any atom is 0.458 e. The molecule has 266 valence electrons. The number of amides is 2. The first kappa shape index (κ1) is 40.4. The first-order chi connectivity index (χ1) is 22.8. The Balaban J connectivity index is 0.000000591. The minimum Gasteiger partial charge on any atom is -0.492 e. The van der Waals surface area contributed by atoms with Crippen molar-refractivity contribution in [3.05, 3.63) is 71.1 Å². The van der Waals surface area contributed by atoms with E-state index in [1.54, 1.807) is 49.6 Å². The molecule has 3 aromatic rings. The van der Waals surface area contributed by atoms with E-state index in [2.05, 4.69) is 20.6 Å². The Hall–Kier alpha value is -4.81. The van der Waals surface area contributed by atoms with Gasteiger partial charge in [-0.25, -0.2) is 9.97 Å². The number of ether oxygens (including phenoxy) is 3. The van der Waals surface area contributed by atoms with Gasteiger partial charge in [0.2, 0.25) is 0 Å². The molecule has 2 aromatic heterocycles. The Morgan fingerprint density at radius 1 is 0.857 bits per heavy atom. The molecule has 0 radical (unpaired) electrons. The van der Waals surface area contributed by atoms with Gasteiger partial charge in [0.1, 0.15) is 23.9 Å². The van der Waals surface area contributed by atoms with Crippen LogP contribution in [0.3, 0.4) is 0 Å². The number of nitrogens with zero attached hydrogens (tertiary/aromatic N) is 2. The number of carbonyl (C=O) groups is 4. The van der Waals surface area contributed by atoms with Gasteiger partial charge in [0.05, 0.1) is 29.5 Å². The van der Waals surface area contributed by atoms with E-state index in [0.717, 1.165) is 0 Å². The molecule has 0 aliphatic rings. The number of rotatable bonds is 13. The summed E-state index contributed by atoms with van der Waals surface area (Å²) in [4.78, 5) is 53.6. The molecule has 19 heteroatoms. The van der Waals surface area contributed by atoms with E-state index in [-0.39, 0.29) is 29.0 Å². The van der Waals surface area contributed by atoms with E-state index in [1.165, 1.54) is 12.4 Å². The van der Waals surface area contributed by atoms with Crippen LogP contribution in [0.25, 0.3) is 0 Å². The van der Waals surface area contributed by atoms with Crippen molar-refractivity contribution < 1.29 is 59.7 Å². The molecule has 0 atom stereocenters. The highest BCUT2D eigenvalue weighted by atomic mass is 35.5. The number of methoxy groups -OCH3 is 1. The summed E-state index contributed by atoms with van der Waals surface area (Å²) in [6, 6.07) is 11.2. The van der Waals surface area contributed by atoms with Gasteiger partial charge in [-0.1, -0.05) is 25.4 Å². The van der Waals surface area contributed by atoms with Crippen LogP contribution in [-0.4, -0.2) is 79.2 Å². The van der Waals surface area contributed by atoms with Crippen LogP contribution in [-0.2, 0) is 14.3 Å². The third-order valence-electron chi connectivity index (χ3n) is 5.89. The van der Waals surface area contributed by atoms with E-state index < -0.39 is 35.7 Å². The van der Waals surface area contributed by atoms with Crippen LogP contribution >= 0.6 is 11.6 Å². The summed E-state index contributed by atoms with van der Waals surface area (Å²) < 4.78 is 83.6. The molecule has 49 heavy (non-hydrogen) atoms. The molecule has 2 heterocycles. The lowest BCUT2D eigenvalue weighted by atomic mass is 9.95. The van der Waals surface area contributed by atoms with Crippen molar-refractivity contribution in [2.45, 2.75) is 26.2 Å². The molecule has 0 spiro atoms. The second kappa shape index (κ2) is 17.5. The van der Waals surface area contributed by atoms with Crippen LogP contribution in [0.5, 0.6) is 11.5 Å². The summed E-state index contributed by atoms with van der Waals surface area (Å²) in [6.07, 6.45) is -8.68. The number of halogens is 7. The van der Waals surface area contributed by atoms with Crippen LogP contribution in [0, 0.1) is 5.41 Å². The normalized spacial score (nSPS) is 11.5. The lowest BCUT2D eigenvalue weighted by molar-refractivity contribution is -0.193. The van der Waals surface area contributed by atoms with Gasteiger partial charge >= 0.3 is 23.9 Å². The van der Waals surface area contributed by atoms with E-state index in [9.17, 15) is 45.5 Å². The van der Waals surface area contributed by atoms with E-state index in [0.29, 0.717) is 42.1 Å². The van der Waals surface area contributed by atoms with Gasteiger partial charge in [-0.05, 0) is 36.4 Å². The minimum atomic E-state index is -5.77. The number of Topliss-reactive ketones (excluding diaryl/α,β-unsaturated/α-hetero) is 2. The summed E-state index contributed by atoms with van der Waals surface area (Å²) in [5, 5.41) is 5.83. The number of benzene rings is 1. The third kappa shape index (κ3) is 13.0. The standard InChI is InChI=1S/C26H30ClN5O5.C4F6O2/c1-26(2,15-28)16-37-21-13-18(36-12-11-35-3)7-8-19(21)24(33)31-20-5-4-10-29-23(20)25(34)32-22-9-6-17(27)14-30-22;5-3(6,7)1(11)2(12)4(8,9)10/h4-10,13-14H,11-12,15-16,28H2,1-3H3,(H,31,33)(H,30,32,34);. The average Bonchev–Trinajstić information content (AvgIpc) is 3.04. The SMILES string of the molecule is COCCOc1ccc(C(=O)Nc2cccnc2C(=O)Nc2ccc(Cl)cn2)c(OCC(C)(C)CN)c1.O=C(C(=O)C(F)(F)F)C(F)(F)F. The molecule has 0 fully saturated rings. The Morgan fingerprint density at radius 2 is 1.51 bits per heavy atom. The lowest BCUT2D eigenvalue weighted by Gasteiger charge is -2.23. The largest absolute Gasteiger partial charge is 0.492 e. The van der Waals surface area contributed by atoms with E-state index in [4.69, 9.17) is 31.5 Å². The quantitative estimate of drug-likeness (QED) is 0.120. The molecule has 0 saturated carbocycles. The molecule has 12 nitrogen and oxygen atoms in total. The van der Waals surface area contributed by atoms with Crippen LogP contribution in [0.4, 0.5) is 37.8 Å². The fourth-order valence-electron chi connectivity index (χ4n) is 3.23. The van der Waals surface area contributed by atoms with E-state index in [1.807, 2.05) is 13.8 Å². The molecular formula is C30H30ClF6N5O7. The summed E-state index contributed by atoms with van der Waals surface area (Å²) in [7, 11) is 1.58. The van der Waals surface area contributed by atoms with Crippen molar-refractivity contribution in [1.82, 2.24) is 9.97 Å². The Labute approximate surface area is 280 Å². The Kier molecular flexibility index (Phi) is 14.5. The highest BCUT2D eigenvalue weighted by molar-refractivity contribution is 6.41. The first-order valence-electron chi connectivity index (χ1n) is 13.8. The zero-order valence-electron chi connectivity index (χ0n) is 26.0. The fourth-order valence-corrected chi connectivity index (χ4v) is 3.35. The number of nitrogens with two attached hydrogens (primary N) is 1. The fraction of sp³-hybridized carbons (Fsp3) is 0.333. The molecule has 0 unspecified atom stereocenters. The van der Waals surface area contributed by atoms with Gasteiger partial charge in [0.25, 0.3) is 11.8 Å². The van der Waals surface area contributed by atoms with Crippen LogP contribution < -0.4 is 25.8 Å². The van der Waals surface area contributed by atoms with E-state index >= 15 is 0 Å². The van der Waals surface area contributed by atoms with Crippen molar-refractivity contribution >= 4 is 46.5 Å². The maximum atomic E-state index is 13.3. The molecule has 0 aliphatic carbocycles. The van der Waals surface area contributed by atoms with Crippen LogP contribution in [0.2, 0.25) is 5.02 Å². The van der Waals surface area contributed by atoms with Crippen molar-refractivity contribution in [2.24, 2.45) is 11.1 Å². The predicted octanol–water partition coefficient (Wildman–Crippen LogP) is 5.27. The second-order valence-electron chi connectivity index (χ2n) is 10.5. The first-order valence-corrected chi connectivity index (χ1v) is 14.2. The minimum absolute atomic E-state index is 0.0128. The highest BCUT2D eigenvalue weighted by Gasteiger charge is 2.54. The molecule has 0 bridgehead atoms. The topological polar surface area (TPSA) is 172 Å². The Morgan fingerprint density at radius 3 is 2.06 bits per heavy atom. The second-order valence-corrected chi connectivity index (χ2v) is 10.9. The number of anilines is 2. The number of aromatic nitrogens is 2. The summed E-state index contributed by atoms with van der Waals surface area (Å²) >= 11 is 5.85. The molecular weight excluding hydrogens is 692 g/mol. The monoisotopic (exact) mass is 721 g/mol. The number of ketones is 2. The number of hydrogen-bond acceptors (Lipinski definition) is 10. The molecule has 4 N–H and O–H groups in total. The Bertz CT molecular complexity index is 1600. The summed E-state index contributed by atoms with van der Waals surface area (Å²) in [5.41, 5.74) is 6.00. The number of hydrogen-bond donors (Lipinski definition) is 3. The zero-order chi connectivity index (χ0) is 37.0. The maximum absolute atomic E-state index is 13.3. The number of nitrogens with one attached hydrogen (secondary N) is 2.